The van der Waals surface area contributed by atoms with Gasteiger partial charge in [0.15, 0.2) is 0 Å². The van der Waals surface area contributed by atoms with Crippen molar-refractivity contribution < 1.29 is 17.6 Å². The summed E-state index contributed by atoms with van der Waals surface area (Å²) >= 11 is 0. The molecule has 1 amide bonds. The molecule has 1 heterocycles. The van der Waals surface area contributed by atoms with Gasteiger partial charge < -0.3 is 15.1 Å². The van der Waals surface area contributed by atoms with E-state index in [2.05, 4.69) is 22.2 Å². The van der Waals surface area contributed by atoms with Crippen LogP contribution in [0.2, 0.25) is 0 Å². The maximum absolute atomic E-state index is 13.9. The van der Waals surface area contributed by atoms with E-state index in [0.717, 1.165) is 49.7 Å². The third kappa shape index (κ3) is 6.22. The Morgan fingerprint density at radius 2 is 1.88 bits per heavy atom. The van der Waals surface area contributed by atoms with E-state index >= 15 is 0 Å². The van der Waals surface area contributed by atoms with Crippen LogP contribution >= 0.6 is 0 Å². The molecule has 2 rings (SSSR count). The number of benzene rings is 1. The molecule has 7 nitrogen and oxygen atoms in total. The van der Waals surface area contributed by atoms with Crippen LogP contribution in [-0.4, -0.2) is 83.2 Å². The molecule has 0 radical (unpaired) electrons. The number of nitrogens with one attached hydrogen (secondary N) is 1. The summed E-state index contributed by atoms with van der Waals surface area (Å²) < 4.78 is 38.6. The molecule has 1 saturated heterocycles. The normalized spacial score (nSPS) is 16.4. The molecule has 1 aromatic rings. The number of hydrogen-bond acceptors (Lipinski definition) is 5. The van der Waals surface area contributed by atoms with E-state index in [1.54, 1.807) is 0 Å². The maximum atomic E-state index is 13.9. The first-order valence-electron chi connectivity index (χ1n) is 8.67. The Morgan fingerprint density at radius 1 is 1.23 bits per heavy atom. The standard InChI is InChI=1S/C17H27FN4O3S/c1-20-10-12-21(13-11-20)9-5-8-19-17(23)14-22(26(2,24)25)16-7-4-3-6-15(16)18/h3-4,6-7H,5,8-14H2,1-2H3,(H,19,23). The number of anilines is 1. The lowest BCUT2D eigenvalue weighted by molar-refractivity contribution is -0.119. The van der Waals surface area contributed by atoms with Crippen molar-refractivity contribution in [2.24, 2.45) is 0 Å². The van der Waals surface area contributed by atoms with Gasteiger partial charge in [0.05, 0.1) is 11.9 Å². The van der Waals surface area contributed by atoms with E-state index in [1.807, 2.05) is 0 Å². The average molecular weight is 386 g/mol. The minimum atomic E-state index is -3.77. The number of halogens is 1. The second-order valence-corrected chi connectivity index (χ2v) is 8.48. The summed E-state index contributed by atoms with van der Waals surface area (Å²) in [6, 6.07) is 5.51. The Labute approximate surface area is 154 Å². The smallest absolute Gasteiger partial charge is 0.240 e. The summed E-state index contributed by atoms with van der Waals surface area (Å²) in [6.45, 7) is 5.02. The van der Waals surface area contributed by atoms with Crippen LogP contribution in [0, 0.1) is 5.82 Å². The number of hydrogen-bond donors (Lipinski definition) is 1. The van der Waals surface area contributed by atoms with Gasteiger partial charge in [-0.05, 0) is 32.1 Å². The van der Waals surface area contributed by atoms with Gasteiger partial charge in [0.1, 0.15) is 12.4 Å². The van der Waals surface area contributed by atoms with Crippen LogP contribution < -0.4 is 9.62 Å². The Bertz CT molecular complexity index is 706. The summed E-state index contributed by atoms with van der Waals surface area (Å²) in [6.07, 6.45) is 1.74. The third-order valence-corrected chi connectivity index (χ3v) is 5.50. The molecule has 0 atom stereocenters. The fourth-order valence-electron chi connectivity index (χ4n) is 2.82. The number of carbonyl (C=O) groups excluding carboxylic acids is 1. The molecule has 1 aliphatic heterocycles. The third-order valence-electron chi connectivity index (χ3n) is 4.38. The van der Waals surface area contributed by atoms with Crippen LogP contribution in [0.25, 0.3) is 0 Å². The van der Waals surface area contributed by atoms with Crippen LogP contribution in [0.1, 0.15) is 6.42 Å². The van der Waals surface area contributed by atoms with Crippen molar-refractivity contribution in [1.82, 2.24) is 15.1 Å². The highest BCUT2D eigenvalue weighted by Crippen LogP contribution is 2.20. The lowest BCUT2D eigenvalue weighted by atomic mass is 10.3. The Balaban J connectivity index is 1.82. The van der Waals surface area contributed by atoms with Gasteiger partial charge in [-0.25, -0.2) is 12.8 Å². The van der Waals surface area contributed by atoms with E-state index in [-0.39, 0.29) is 5.69 Å². The van der Waals surface area contributed by atoms with E-state index in [0.29, 0.717) is 6.54 Å². The monoisotopic (exact) mass is 386 g/mol. The van der Waals surface area contributed by atoms with Gasteiger partial charge >= 0.3 is 0 Å². The number of sulfonamides is 1. The van der Waals surface area contributed by atoms with E-state index < -0.39 is 28.3 Å². The van der Waals surface area contributed by atoms with Crippen molar-refractivity contribution in [2.45, 2.75) is 6.42 Å². The van der Waals surface area contributed by atoms with Gasteiger partial charge in [0.25, 0.3) is 0 Å². The van der Waals surface area contributed by atoms with Crippen LogP contribution in [-0.2, 0) is 14.8 Å². The maximum Gasteiger partial charge on any atom is 0.240 e. The summed E-state index contributed by atoms with van der Waals surface area (Å²) in [5, 5.41) is 2.72. The number of piperazine rings is 1. The van der Waals surface area contributed by atoms with E-state index in [9.17, 15) is 17.6 Å². The predicted molar refractivity (Wildman–Crippen MR) is 100 cm³/mol. The molecule has 0 bridgehead atoms. The van der Waals surface area contributed by atoms with Gasteiger partial charge in [0, 0.05) is 32.7 Å². The Kier molecular flexibility index (Phi) is 7.36. The molecule has 0 saturated carbocycles. The highest BCUT2D eigenvalue weighted by molar-refractivity contribution is 7.92. The molecule has 0 aliphatic carbocycles. The van der Waals surface area contributed by atoms with E-state index in [1.165, 1.54) is 24.3 Å². The molecule has 0 spiro atoms. The number of rotatable bonds is 8. The highest BCUT2D eigenvalue weighted by atomic mass is 32.2. The Hall–Kier alpha value is -1.71. The molecule has 1 N–H and O–H groups in total. The fraction of sp³-hybridized carbons (Fsp3) is 0.588. The lowest BCUT2D eigenvalue weighted by Gasteiger charge is -2.32. The zero-order chi connectivity index (χ0) is 19.2. The molecule has 0 aromatic heterocycles. The first-order chi connectivity index (χ1) is 12.3. The number of nitrogens with zero attached hydrogens (tertiary/aromatic N) is 3. The first-order valence-corrected chi connectivity index (χ1v) is 10.5. The number of amides is 1. The number of likely N-dealkylation sites (N-methyl/N-ethyl adjacent to an activating group) is 1. The van der Waals surface area contributed by atoms with Crippen LogP contribution in [0.4, 0.5) is 10.1 Å². The van der Waals surface area contributed by atoms with Crippen LogP contribution in [0.3, 0.4) is 0 Å². The molecule has 9 heteroatoms. The molecular weight excluding hydrogens is 359 g/mol. The van der Waals surface area contributed by atoms with Crippen molar-refractivity contribution >= 4 is 21.6 Å². The summed E-state index contributed by atoms with van der Waals surface area (Å²) in [4.78, 5) is 16.7. The number of carbonyl (C=O) groups is 1. The number of para-hydroxylation sites is 1. The van der Waals surface area contributed by atoms with Crippen LogP contribution in [0.15, 0.2) is 24.3 Å². The topological polar surface area (TPSA) is 73.0 Å². The zero-order valence-electron chi connectivity index (χ0n) is 15.3. The fourth-order valence-corrected chi connectivity index (χ4v) is 3.68. The van der Waals surface area contributed by atoms with Gasteiger partial charge in [-0.2, -0.15) is 0 Å². The zero-order valence-corrected chi connectivity index (χ0v) is 16.1. The largest absolute Gasteiger partial charge is 0.354 e. The summed E-state index contributed by atoms with van der Waals surface area (Å²) in [7, 11) is -1.67. The van der Waals surface area contributed by atoms with Crippen molar-refractivity contribution in [2.75, 3.05) is 63.4 Å². The van der Waals surface area contributed by atoms with Gasteiger partial charge in [-0.15, -0.1) is 0 Å². The lowest BCUT2D eigenvalue weighted by Crippen LogP contribution is -2.45. The SMILES string of the molecule is CN1CCN(CCCNC(=O)CN(c2ccccc2F)S(C)(=O)=O)CC1. The minimum Gasteiger partial charge on any atom is -0.354 e. The molecular formula is C17H27FN4O3S. The van der Waals surface area contributed by atoms with Gasteiger partial charge in [-0.1, -0.05) is 12.1 Å². The van der Waals surface area contributed by atoms with E-state index in [4.69, 9.17) is 0 Å². The van der Waals surface area contributed by atoms with Crippen molar-refractivity contribution in [3.05, 3.63) is 30.1 Å². The van der Waals surface area contributed by atoms with Crippen LogP contribution in [0.5, 0.6) is 0 Å². The van der Waals surface area contributed by atoms with Gasteiger partial charge in [-0.3, -0.25) is 9.10 Å². The highest BCUT2D eigenvalue weighted by Gasteiger charge is 2.23. The second-order valence-electron chi connectivity index (χ2n) is 6.57. The predicted octanol–water partition coefficient (Wildman–Crippen LogP) is 0.345. The Morgan fingerprint density at radius 3 is 2.50 bits per heavy atom. The van der Waals surface area contributed by atoms with Crippen molar-refractivity contribution in [1.29, 1.82) is 0 Å². The summed E-state index contributed by atoms with van der Waals surface area (Å²) in [5.41, 5.74) is -0.123. The van der Waals surface area contributed by atoms with Crippen molar-refractivity contribution in [3.63, 3.8) is 0 Å². The molecule has 26 heavy (non-hydrogen) atoms. The molecule has 146 valence electrons. The minimum absolute atomic E-state index is 0.123. The second kappa shape index (κ2) is 9.29. The van der Waals surface area contributed by atoms with Crippen molar-refractivity contribution in [3.8, 4) is 0 Å². The quantitative estimate of drug-likeness (QED) is 0.653. The molecule has 1 fully saturated rings. The van der Waals surface area contributed by atoms with Gasteiger partial charge in [0.2, 0.25) is 15.9 Å². The molecule has 1 aliphatic rings. The summed E-state index contributed by atoms with van der Waals surface area (Å²) in [5.74, 6) is -1.13. The first kappa shape index (κ1) is 20.6. The average Bonchev–Trinajstić information content (AvgIpc) is 2.58. The molecule has 0 unspecified atom stereocenters. The molecule has 1 aromatic carbocycles.